The molecule has 0 aliphatic carbocycles. The number of aromatic nitrogens is 1. The molecule has 110 valence electrons. The summed E-state index contributed by atoms with van der Waals surface area (Å²) in [7, 11) is 0. The van der Waals surface area contributed by atoms with Gasteiger partial charge in [0, 0.05) is 28.2 Å². The number of hydrogen-bond donors (Lipinski definition) is 3. The molecule has 4 N–H and O–H groups in total. The number of nitrogens with two attached hydrogens (primary N) is 1. The second kappa shape index (κ2) is 7.24. The lowest BCUT2D eigenvalue weighted by Gasteiger charge is -2.05. The number of nitrogens with zero attached hydrogens (tertiary/aromatic N) is 2. The molecule has 0 bridgehead atoms. The zero-order valence-electron chi connectivity index (χ0n) is 11.4. The number of amides is 1. The van der Waals surface area contributed by atoms with Crippen molar-refractivity contribution in [1.29, 1.82) is 5.26 Å². The van der Waals surface area contributed by atoms with Gasteiger partial charge in [0.15, 0.2) is 0 Å². The fraction of sp³-hybridized carbons (Fsp3) is 0. The first-order chi connectivity index (χ1) is 10.6. The molecule has 7 heteroatoms. The van der Waals surface area contributed by atoms with Crippen LogP contribution in [-0.2, 0) is 4.79 Å². The maximum absolute atomic E-state index is 12.0. The van der Waals surface area contributed by atoms with Crippen molar-refractivity contribution in [2.45, 2.75) is 0 Å². The normalized spacial score (nSPS) is 10.6. The first kappa shape index (κ1) is 15.5. The summed E-state index contributed by atoms with van der Waals surface area (Å²) in [6, 6.07) is 12.0. The Morgan fingerprint density at radius 1 is 1.27 bits per heavy atom. The summed E-state index contributed by atoms with van der Waals surface area (Å²) in [5, 5.41) is 14.5. The molecule has 0 saturated carbocycles. The van der Waals surface area contributed by atoms with Crippen LogP contribution in [0.15, 0.2) is 58.8 Å². The van der Waals surface area contributed by atoms with Gasteiger partial charge in [-0.25, -0.2) is 4.98 Å². The number of rotatable bonds is 4. The number of anilines is 3. The highest BCUT2D eigenvalue weighted by Crippen LogP contribution is 2.13. The van der Waals surface area contributed by atoms with Crippen LogP contribution in [0.2, 0.25) is 0 Å². The molecule has 0 radical (unpaired) electrons. The Morgan fingerprint density at radius 3 is 2.59 bits per heavy atom. The van der Waals surface area contributed by atoms with E-state index in [0.29, 0.717) is 17.2 Å². The third-order valence-electron chi connectivity index (χ3n) is 2.63. The number of carbonyl (C=O) groups excluding carboxylic acids is 1. The smallest absolute Gasteiger partial charge is 0.267 e. The van der Waals surface area contributed by atoms with Gasteiger partial charge in [-0.15, -0.1) is 0 Å². The molecule has 2 aromatic rings. The molecule has 0 saturated heterocycles. The van der Waals surface area contributed by atoms with E-state index in [2.05, 4.69) is 31.5 Å². The van der Waals surface area contributed by atoms with Crippen LogP contribution in [-0.4, -0.2) is 10.9 Å². The van der Waals surface area contributed by atoms with Gasteiger partial charge in [-0.05, 0) is 52.3 Å². The molecule has 1 aromatic heterocycles. The maximum Gasteiger partial charge on any atom is 0.267 e. The number of pyridine rings is 1. The number of nitrogens with one attached hydrogen (secondary N) is 2. The Bertz CT molecular complexity index is 732. The minimum Gasteiger partial charge on any atom is -0.399 e. The molecule has 6 nitrogen and oxygen atoms in total. The SMILES string of the molecule is N#C/C(=C/Nc1ccc(Br)cn1)C(=O)Nc1ccc(N)cc1. The Hall–Kier alpha value is -2.85. The summed E-state index contributed by atoms with van der Waals surface area (Å²) in [4.78, 5) is 16.1. The summed E-state index contributed by atoms with van der Waals surface area (Å²) in [5.74, 6) is 0.00752. The summed E-state index contributed by atoms with van der Waals surface area (Å²) in [6.45, 7) is 0. The molecule has 1 heterocycles. The standard InChI is InChI=1S/C15H12BrN5O/c16-11-1-6-14(20-9-11)19-8-10(7-17)15(22)21-13-4-2-12(18)3-5-13/h1-6,8-9H,18H2,(H,19,20)(H,21,22)/b10-8-. The zero-order chi connectivity index (χ0) is 15.9. The van der Waals surface area contributed by atoms with Crippen LogP contribution in [0.25, 0.3) is 0 Å². The van der Waals surface area contributed by atoms with Crippen molar-refractivity contribution in [3.63, 3.8) is 0 Å². The van der Waals surface area contributed by atoms with E-state index in [0.717, 1.165) is 4.47 Å². The van der Waals surface area contributed by atoms with E-state index in [1.54, 1.807) is 42.6 Å². The highest BCUT2D eigenvalue weighted by molar-refractivity contribution is 9.10. The molecule has 0 fully saturated rings. The maximum atomic E-state index is 12.0. The van der Waals surface area contributed by atoms with Gasteiger partial charge < -0.3 is 16.4 Å². The van der Waals surface area contributed by atoms with Crippen LogP contribution in [0.3, 0.4) is 0 Å². The first-order valence-corrected chi connectivity index (χ1v) is 7.03. The van der Waals surface area contributed by atoms with Gasteiger partial charge in [-0.3, -0.25) is 4.79 Å². The molecule has 1 aromatic carbocycles. The molecule has 0 unspecified atom stereocenters. The minimum atomic E-state index is -0.517. The van der Waals surface area contributed by atoms with E-state index < -0.39 is 5.91 Å². The lowest BCUT2D eigenvalue weighted by molar-refractivity contribution is -0.112. The highest BCUT2D eigenvalue weighted by atomic mass is 79.9. The van der Waals surface area contributed by atoms with Crippen molar-refractivity contribution >= 4 is 39.0 Å². The minimum absolute atomic E-state index is 0.0680. The van der Waals surface area contributed by atoms with E-state index in [9.17, 15) is 4.79 Å². The van der Waals surface area contributed by atoms with Crippen LogP contribution in [0.4, 0.5) is 17.2 Å². The number of halogens is 1. The van der Waals surface area contributed by atoms with Gasteiger partial charge in [0.2, 0.25) is 0 Å². The van der Waals surface area contributed by atoms with E-state index in [4.69, 9.17) is 11.0 Å². The van der Waals surface area contributed by atoms with E-state index in [1.165, 1.54) is 6.20 Å². The van der Waals surface area contributed by atoms with E-state index in [-0.39, 0.29) is 5.57 Å². The van der Waals surface area contributed by atoms with E-state index in [1.807, 2.05) is 6.07 Å². The lowest BCUT2D eigenvalue weighted by atomic mass is 10.2. The number of hydrogen-bond acceptors (Lipinski definition) is 5. The topological polar surface area (TPSA) is 104 Å². The van der Waals surface area contributed by atoms with Crippen LogP contribution >= 0.6 is 15.9 Å². The Kier molecular flexibility index (Phi) is 5.11. The van der Waals surface area contributed by atoms with E-state index >= 15 is 0 Å². The van der Waals surface area contributed by atoms with Crippen molar-refractivity contribution < 1.29 is 4.79 Å². The summed E-state index contributed by atoms with van der Waals surface area (Å²) in [5.41, 5.74) is 6.65. The Morgan fingerprint density at radius 2 is 2.00 bits per heavy atom. The molecule has 0 aliphatic heterocycles. The van der Waals surface area contributed by atoms with Gasteiger partial charge in [0.05, 0.1) is 0 Å². The first-order valence-electron chi connectivity index (χ1n) is 6.24. The summed E-state index contributed by atoms with van der Waals surface area (Å²) >= 11 is 3.27. The van der Waals surface area contributed by atoms with Crippen LogP contribution in [0.1, 0.15) is 0 Å². The van der Waals surface area contributed by atoms with Crippen LogP contribution < -0.4 is 16.4 Å². The predicted molar refractivity (Wildman–Crippen MR) is 88.7 cm³/mol. The number of benzene rings is 1. The van der Waals surface area contributed by atoms with Gasteiger partial charge >= 0.3 is 0 Å². The molecule has 0 atom stereocenters. The predicted octanol–water partition coefficient (Wildman–Crippen LogP) is 2.88. The number of nitriles is 1. The molecule has 0 aliphatic rings. The van der Waals surface area contributed by atoms with Gasteiger partial charge in [0.25, 0.3) is 5.91 Å². The second-order valence-electron chi connectivity index (χ2n) is 4.25. The van der Waals surface area contributed by atoms with Crippen molar-refractivity contribution in [3.05, 3.63) is 58.8 Å². The van der Waals surface area contributed by atoms with Gasteiger partial charge in [0.1, 0.15) is 17.5 Å². The zero-order valence-corrected chi connectivity index (χ0v) is 13.0. The van der Waals surface area contributed by atoms with Crippen molar-refractivity contribution in [2.24, 2.45) is 0 Å². The lowest BCUT2D eigenvalue weighted by Crippen LogP contribution is -2.14. The molecule has 22 heavy (non-hydrogen) atoms. The van der Waals surface area contributed by atoms with Gasteiger partial charge in [-0.1, -0.05) is 0 Å². The highest BCUT2D eigenvalue weighted by Gasteiger charge is 2.09. The average molecular weight is 358 g/mol. The Labute approximate surface area is 135 Å². The fourth-order valence-electron chi connectivity index (χ4n) is 1.52. The number of nitrogen functional groups attached to an aromatic ring is 1. The van der Waals surface area contributed by atoms with Crippen LogP contribution in [0, 0.1) is 11.3 Å². The molecular weight excluding hydrogens is 346 g/mol. The average Bonchev–Trinajstić information content (AvgIpc) is 2.52. The Balaban J connectivity index is 2.05. The third-order valence-corrected chi connectivity index (χ3v) is 3.09. The fourth-order valence-corrected chi connectivity index (χ4v) is 1.76. The number of carbonyl (C=O) groups is 1. The largest absolute Gasteiger partial charge is 0.399 e. The van der Waals surface area contributed by atoms with Gasteiger partial charge in [-0.2, -0.15) is 5.26 Å². The quantitative estimate of drug-likeness (QED) is 0.443. The summed E-state index contributed by atoms with van der Waals surface area (Å²) in [6.07, 6.45) is 2.92. The van der Waals surface area contributed by atoms with Crippen molar-refractivity contribution in [3.8, 4) is 6.07 Å². The molecular formula is C15H12BrN5O. The summed E-state index contributed by atoms with van der Waals surface area (Å²) < 4.78 is 0.837. The molecule has 1 amide bonds. The van der Waals surface area contributed by atoms with Crippen molar-refractivity contribution in [2.75, 3.05) is 16.4 Å². The van der Waals surface area contributed by atoms with Crippen molar-refractivity contribution in [1.82, 2.24) is 4.98 Å². The van der Waals surface area contributed by atoms with Crippen LogP contribution in [0.5, 0.6) is 0 Å². The third kappa shape index (κ3) is 4.33. The molecule has 0 spiro atoms. The molecule has 2 rings (SSSR count). The monoisotopic (exact) mass is 357 g/mol. The second-order valence-corrected chi connectivity index (χ2v) is 5.17.